The maximum absolute atomic E-state index is 11.5. The standard InChI is InChI=1S/C10H20O/c1-5-8-10(4,7-3)9(11)6-2/h5-8H2,1-4H3. The van der Waals surface area contributed by atoms with Gasteiger partial charge in [-0.25, -0.2) is 0 Å². The predicted octanol–water partition coefficient (Wildman–Crippen LogP) is 3.18. The minimum Gasteiger partial charge on any atom is -0.299 e. The van der Waals surface area contributed by atoms with Crippen LogP contribution in [0.15, 0.2) is 0 Å². The quantitative estimate of drug-likeness (QED) is 0.597. The van der Waals surface area contributed by atoms with Gasteiger partial charge in [-0.05, 0) is 12.8 Å². The van der Waals surface area contributed by atoms with E-state index in [1.54, 1.807) is 0 Å². The summed E-state index contributed by atoms with van der Waals surface area (Å²) >= 11 is 0. The zero-order valence-corrected chi connectivity index (χ0v) is 8.24. The van der Waals surface area contributed by atoms with Crippen LogP contribution in [-0.2, 0) is 4.79 Å². The molecule has 0 aliphatic rings. The fourth-order valence-electron chi connectivity index (χ4n) is 1.49. The van der Waals surface area contributed by atoms with Crippen LogP contribution in [0.1, 0.15) is 53.4 Å². The van der Waals surface area contributed by atoms with Gasteiger partial charge in [0, 0.05) is 11.8 Å². The smallest absolute Gasteiger partial charge is 0.138 e. The normalized spacial score (nSPS) is 16.0. The van der Waals surface area contributed by atoms with Crippen LogP contribution in [0.5, 0.6) is 0 Å². The van der Waals surface area contributed by atoms with E-state index in [2.05, 4.69) is 20.8 Å². The van der Waals surface area contributed by atoms with E-state index in [4.69, 9.17) is 0 Å². The summed E-state index contributed by atoms with van der Waals surface area (Å²) in [5.74, 6) is 0.418. The lowest BCUT2D eigenvalue weighted by atomic mass is 9.78. The van der Waals surface area contributed by atoms with Crippen molar-refractivity contribution in [1.82, 2.24) is 0 Å². The summed E-state index contributed by atoms with van der Waals surface area (Å²) < 4.78 is 0. The number of hydrogen-bond donors (Lipinski definition) is 0. The number of rotatable bonds is 5. The first-order valence-corrected chi connectivity index (χ1v) is 4.64. The molecular weight excluding hydrogens is 136 g/mol. The molecule has 0 fully saturated rings. The zero-order valence-electron chi connectivity index (χ0n) is 8.24. The lowest BCUT2D eigenvalue weighted by Gasteiger charge is -2.25. The highest BCUT2D eigenvalue weighted by molar-refractivity contribution is 5.84. The maximum atomic E-state index is 11.5. The molecule has 0 aromatic heterocycles. The second kappa shape index (κ2) is 4.53. The summed E-state index contributed by atoms with van der Waals surface area (Å²) in [6.45, 7) is 8.27. The Bertz CT molecular complexity index is 129. The van der Waals surface area contributed by atoms with Crippen molar-refractivity contribution in [2.75, 3.05) is 0 Å². The molecule has 11 heavy (non-hydrogen) atoms. The van der Waals surface area contributed by atoms with Crippen LogP contribution in [0.4, 0.5) is 0 Å². The Kier molecular flexibility index (Phi) is 4.39. The van der Waals surface area contributed by atoms with Crippen LogP contribution in [-0.4, -0.2) is 5.78 Å². The zero-order chi connectivity index (χ0) is 8.91. The molecule has 0 bridgehead atoms. The molecule has 0 N–H and O–H groups in total. The molecule has 0 spiro atoms. The van der Waals surface area contributed by atoms with Crippen molar-refractivity contribution in [2.45, 2.75) is 53.4 Å². The van der Waals surface area contributed by atoms with E-state index in [1.807, 2.05) is 6.92 Å². The number of carbonyl (C=O) groups is 1. The molecule has 0 rings (SSSR count). The molecule has 0 saturated carbocycles. The average Bonchev–Trinajstić information content (AvgIpc) is 2.03. The van der Waals surface area contributed by atoms with Crippen LogP contribution in [0.2, 0.25) is 0 Å². The summed E-state index contributed by atoms with van der Waals surface area (Å²) in [4.78, 5) is 11.5. The van der Waals surface area contributed by atoms with Crippen molar-refractivity contribution in [3.05, 3.63) is 0 Å². The van der Waals surface area contributed by atoms with Crippen molar-refractivity contribution in [2.24, 2.45) is 5.41 Å². The monoisotopic (exact) mass is 156 g/mol. The van der Waals surface area contributed by atoms with Gasteiger partial charge in [-0.3, -0.25) is 4.79 Å². The summed E-state index contributed by atoms with van der Waals surface area (Å²) in [5.41, 5.74) is -0.0382. The molecule has 66 valence electrons. The first-order chi connectivity index (χ1) is 5.10. The Hall–Kier alpha value is -0.330. The van der Waals surface area contributed by atoms with Gasteiger partial charge >= 0.3 is 0 Å². The molecule has 0 saturated heterocycles. The van der Waals surface area contributed by atoms with Crippen LogP contribution < -0.4 is 0 Å². The first-order valence-electron chi connectivity index (χ1n) is 4.64. The van der Waals surface area contributed by atoms with Crippen molar-refractivity contribution in [3.8, 4) is 0 Å². The molecular formula is C10H20O. The van der Waals surface area contributed by atoms with Gasteiger partial charge in [0.2, 0.25) is 0 Å². The number of ketones is 1. The summed E-state index contributed by atoms with van der Waals surface area (Å²) in [6, 6.07) is 0. The van der Waals surface area contributed by atoms with Crippen molar-refractivity contribution in [1.29, 1.82) is 0 Å². The van der Waals surface area contributed by atoms with Gasteiger partial charge in [0.15, 0.2) is 0 Å². The van der Waals surface area contributed by atoms with E-state index in [1.165, 1.54) is 0 Å². The molecule has 1 atom stereocenters. The minimum absolute atomic E-state index is 0.0382. The molecule has 0 radical (unpaired) electrons. The predicted molar refractivity (Wildman–Crippen MR) is 48.6 cm³/mol. The summed E-state index contributed by atoms with van der Waals surface area (Å²) in [7, 11) is 0. The Morgan fingerprint density at radius 2 is 1.82 bits per heavy atom. The molecule has 0 aliphatic carbocycles. The molecule has 0 aromatic rings. The topological polar surface area (TPSA) is 17.1 Å². The second-order valence-corrected chi connectivity index (χ2v) is 3.44. The van der Waals surface area contributed by atoms with E-state index >= 15 is 0 Å². The van der Waals surface area contributed by atoms with Crippen LogP contribution in [0.25, 0.3) is 0 Å². The SMILES string of the molecule is CCCC(C)(CC)C(=O)CC. The van der Waals surface area contributed by atoms with Gasteiger partial charge in [0.05, 0.1) is 0 Å². The average molecular weight is 156 g/mol. The Labute approximate surface area is 70.2 Å². The highest BCUT2D eigenvalue weighted by Crippen LogP contribution is 2.29. The molecule has 0 aliphatic heterocycles. The lowest BCUT2D eigenvalue weighted by molar-refractivity contribution is -0.128. The Balaban J connectivity index is 4.19. The van der Waals surface area contributed by atoms with Crippen LogP contribution in [0, 0.1) is 5.41 Å². The van der Waals surface area contributed by atoms with E-state index < -0.39 is 0 Å². The van der Waals surface area contributed by atoms with Gasteiger partial charge in [0.1, 0.15) is 5.78 Å². The number of Topliss-reactive ketones (excluding diaryl/α,β-unsaturated/α-hetero) is 1. The largest absolute Gasteiger partial charge is 0.299 e. The van der Waals surface area contributed by atoms with Crippen LogP contribution in [0.3, 0.4) is 0 Å². The third-order valence-electron chi connectivity index (χ3n) is 2.58. The van der Waals surface area contributed by atoms with Crippen molar-refractivity contribution in [3.63, 3.8) is 0 Å². The first kappa shape index (κ1) is 10.7. The van der Waals surface area contributed by atoms with Gasteiger partial charge in [-0.1, -0.05) is 34.1 Å². The van der Waals surface area contributed by atoms with E-state index in [9.17, 15) is 4.79 Å². The highest BCUT2D eigenvalue weighted by atomic mass is 16.1. The Morgan fingerprint density at radius 1 is 1.27 bits per heavy atom. The van der Waals surface area contributed by atoms with Gasteiger partial charge in [-0.2, -0.15) is 0 Å². The minimum atomic E-state index is -0.0382. The van der Waals surface area contributed by atoms with Crippen molar-refractivity contribution < 1.29 is 4.79 Å². The van der Waals surface area contributed by atoms with E-state index in [-0.39, 0.29) is 5.41 Å². The Morgan fingerprint density at radius 3 is 2.09 bits per heavy atom. The highest BCUT2D eigenvalue weighted by Gasteiger charge is 2.27. The molecule has 1 nitrogen and oxygen atoms in total. The molecule has 1 unspecified atom stereocenters. The molecule has 1 heteroatoms. The summed E-state index contributed by atoms with van der Waals surface area (Å²) in [5, 5.41) is 0. The fourth-order valence-corrected chi connectivity index (χ4v) is 1.49. The second-order valence-electron chi connectivity index (χ2n) is 3.44. The van der Waals surface area contributed by atoms with Gasteiger partial charge < -0.3 is 0 Å². The van der Waals surface area contributed by atoms with Crippen molar-refractivity contribution >= 4 is 5.78 Å². The van der Waals surface area contributed by atoms with Crippen LogP contribution >= 0.6 is 0 Å². The van der Waals surface area contributed by atoms with E-state index in [0.717, 1.165) is 19.3 Å². The number of carbonyl (C=O) groups excluding carboxylic acids is 1. The maximum Gasteiger partial charge on any atom is 0.138 e. The third kappa shape index (κ3) is 2.64. The van der Waals surface area contributed by atoms with Gasteiger partial charge in [0.25, 0.3) is 0 Å². The summed E-state index contributed by atoms with van der Waals surface area (Å²) in [6.07, 6.45) is 3.81. The fraction of sp³-hybridized carbons (Fsp3) is 0.900. The van der Waals surface area contributed by atoms with E-state index in [0.29, 0.717) is 12.2 Å². The molecule has 0 aromatic carbocycles. The number of hydrogen-bond acceptors (Lipinski definition) is 1. The third-order valence-corrected chi connectivity index (χ3v) is 2.58. The molecule has 0 amide bonds. The van der Waals surface area contributed by atoms with Gasteiger partial charge in [-0.15, -0.1) is 0 Å². The molecule has 0 heterocycles. The lowest BCUT2D eigenvalue weighted by Crippen LogP contribution is -2.26.